The first-order valence-corrected chi connectivity index (χ1v) is 8.28. The van der Waals surface area contributed by atoms with Gasteiger partial charge >= 0.3 is 6.09 Å². The molecule has 0 spiro atoms. The van der Waals surface area contributed by atoms with Crippen LogP contribution in [0, 0.1) is 0 Å². The third kappa shape index (κ3) is 4.42. The number of carboxylic acid groups (broad SMARTS) is 1. The predicted molar refractivity (Wildman–Crippen MR) is 93.3 cm³/mol. The summed E-state index contributed by atoms with van der Waals surface area (Å²) in [5, 5.41) is 9.34. The Labute approximate surface area is 140 Å². The van der Waals surface area contributed by atoms with E-state index in [1.54, 1.807) is 0 Å². The highest BCUT2D eigenvalue weighted by Crippen LogP contribution is 2.28. The van der Waals surface area contributed by atoms with E-state index < -0.39 is 11.6 Å². The fourth-order valence-electron chi connectivity index (χ4n) is 2.41. The summed E-state index contributed by atoms with van der Waals surface area (Å²) in [6.07, 6.45) is 0.609. The second kappa shape index (κ2) is 6.96. The van der Waals surface area contributed by atoms with Gasteiger partial charge in [-0.25, -0.2) is 4.79 Å². The highest BCUT2D eigenvalue weighted by Gasteiger charge is 2.25. The summed E-state index contributed by atoms with van der Waals surface area (Å²) >= 11 is 1.46. The third-order valence-electron chi connectivity index (χ3n) is 3.62. The largest absolute Gasteiger partial charge is 0.465 e. The highest BCUT2D eigenvalue weighted by atomic mass is 32.1. The molecular formula is C18H21NO3S. The fraction of sp³-hybridized carbons (Fsp3) is 0.333. The molecule has 0 saturated carbocycles. The van der Waals surface area contributed by atoms with Crippen molar-refractivity contribution in [2.45, 2.75) is 32.7 Å². The number of nitrogens with zero attached hydrogens (tertiary/aromatic N) is 1. The lowest BCUT2D eigenvalue weighted by Crippen LogP contribution is -2.45. The lowest BCUT2D eigenvalue weighted by Gasteiger charge is -2.33. The van der Waals surface area contributed by atoms with Gasteiger partial charge in [0.2, 0.25) is 0 Å². The van der Waals surface area contributed by atoms with Crippen LogP contribution in [0.2, 0.25) is 0 Å². The van der Waals surface area contributed by atoms with Crippen LogP contribution in [0.3, 0.4) is 0 Å². The Hall–Kier alpha value is -2.14. The molecule has 4 nitrogen and oxygen atoms in total. The molecule has 2 rings (SSSR count). The van der Waals surface area contributed by atoms with Crippen molar-refractivity contribution in [3.63, 3.8) is 0 Å². The number of rotatable bonds is 5. The minimum absolute atomic E-state index is 0.421. The SMILES string of the molecule is CC(C)(C)N(CCc1cccc(-c2ccc(C=O)s2)c1)C(=O)O. The number of carbonyl (C=O) groups excluding carboxylic acids is 1. The van der Waals surface area contributed by atoms with E-state index >= 15 is 0 Å². The number of thiophene rings is 1. The van der Waals surface area contributed by atoms with Crippen molar-refractivity contribution in [1.82, 2.24) is 4.90 Å². The molecule has 1 aromatic heterocycles. The summed E-state index contributed by atoms with van der Waals surface area (Å²) in [4.78, 5) is 25.4. The van der Waals surface area contributed by atoms with Crippen LogP contribution in [0.4, 0.5) is 4.79 Å². The summed E-state index contributed by atoms with van der Waals surface area (Å²) in [5.41, 5.74) is 1.72. The maximum absolute atomic E-state index is 11.4. The smallest absolute Gasteiger partial charge is 0.407 e. The Morgan fingerprint density at radius 1 is 1.26 bits per heavy atom. The van der Waals surface area contributed by atoms with Gasteiger partial charge in [0.15, 0.2) is 6.29 Å². The van der Waals surface area contributed by atoms with E-state index in [1.807, 2.05) is 51.1 Å². The Morgan fingerprint density at radius 2 is 2.00 bits per heavy atom. The first-order chi connectivity index (χ1) is 10.8. The monoisotopic (exact) mass is 331 g/mol. The molecule has 0 bridgehead atoms. The van der Waals surface area contributed by atoms with E-state index in [9.17, 15) is 14.7 Å². The summed E-state index contributed by atoms with van der Waals surface area (Å²) in [7, 11) is 0. The fourth-order valence-corrected chi connectivity index (χ4v) is 3.23. The Morgan fingerprint density at radius 3 is 2.57 bits per heavy atom. The molecule has 0 unspecified atom stereocenters. The van der Waals surface area contributed by atoms with Gasteiger partial charge in [-0.1, -0.05) is 24.3 Å². The first kappa shape index (κ1) is 17.2. The molecule has 23 heavy (non-hydrogen) atoms. The quantitative estimate of drug-likeness (QED) is 0.818. The molecular weight excluding hydrogens is 310 g/mol. The highest BCUT2D eigenvalue weighted by molar-refractivity contribution is 7.17. The molecule has 0 aliphatic rings. The summed E-state index contributed by atoms with van der Waals surface area (Å²) in [6, 6.07) is 11.8. The zero-order valence-corrected chi connectivity index (χ0v) is 14.4. The molecule has 1 amide bonds. The van der Waals surface area contributed by atoms with Crippen molar-refractivity contribution in [2.75, 3.05) is 6.54 Å². The molecule has 0 atom stereocenters. The van der Waals surface area contributed by atoms with Gasteiger partial charge in [-0.15, -0.1) is 11.3 Å². The maximum Gasteiger partial charge on any atom is 0.407 e. The van der Waals surface area contributed by atoms with Gasteiger partial charge in [-0.3, -0.25) is 4.79 Å². The van der Waals surface area contributed by atoms with Crippen LogP contribution in [0.5, 0.6) is 0 Å². The van der Waals surface area contributed by atoms with Crippen molar-refractivity contribution in [3.05, 3.63) is 46.8 Å². The van der Waals surface area contributed by atoms with E-state index in [1.165, 1.54) is 16.2 Å². The lowest BCUT2D eigenvalue weighted by atomic mass is 10.0. The number of hydrogen-bond acceptors (Lipinski definition) is 3. The topological polar surface area (TPSA) is 57.6 Å². The average Bonchev–Trinajstić information content (AvgIpc) is 2.95. The maximum atomic E-state index is 11.4. The van der Waals surface area contributed by atoms with Crippen molar-refractivity contribution in [2.24, 2.45) is 0 Å². The van der Waals surface area contributed by atoms with Crippen molar-refractivity contribution in [3.8, 4) is 10.4 Å². The van der Waals surface area contributed by atoms with E-state index in [0.29, 0.717) is 17.8 Å². The minimum Gasteiger partial charge on any atom is -0.465 e. The second-order valence-corrected chi connectivity index (χ2v) is 7.49. The van der Waals surface area contributed by atoms with E-state index in [4.69, 9.17) is 0 Å². The minimum atomic E-state index is -0.900. The first-order valence-electron chi connectivity index (χ1n) is 7.46. The number of carbonyl (C=O) groups is 2. The lowest BCUT2D eigenvalue weighted by molar-refractivity contribution is 0.101. The van der Waals surface area contributed by atoms with Crippen LogP contribution in [0.1, 0.15) is 36.0 Å². The third-order valence-corrected chi connectivity index (χ3v) is 4.68. The van der Waals surface area contributed by atoms with Gasteiger partial charge < -0.3 is 10.0 Å². The number of benzene rings is 1. The summed E-state index contributed by atoms with van der Waals surface area (Å²) in [6.45, 7) is 6.13. The van der Waals surface area contributed by atoms with Crippen LogP contribution < -0.4 is 0 Å². The zero-order valence-electron chi connectivity index (χ0n) is 13.6. The van der Waals surface area contributed by atoms with Crippen LogP contribution >= 0.6 is 11.3 Å². The summed E-state index contributed by atoms with van der Waals surface area (Å²) < 4.78 is 0. The van der Waals surface area contributed by atoms with Crippen LogP contribution in [-0.4, -0.2) is 34.5 Å². The van der Waals surface area contributed by atoms with E-state index in [2.05, 4.69) is 6.07 Å². The van der Waals surface area contributed by atoms with Gasteiger partial charge in [0, 0.05) is 17.0 Å². The number of amides is 1. The molecule has 122 valence electrons. The van der Waals surface area contributed by atoms with Crippen LogP contribution in [0.25, 0.3) is 10.4 Å². The summed E-state index contributed by atoms with van der Waals surface area (Å²) in [5.74, 6) is 0. The van der Waals surface area contributed by atoms with Crippen LogP contribution in [-0.2, 0) is 6.42 Å². The molecule has 5 heteroatoms. The van der Waals surface area contributed by atoms with Crippen molar-refractivity contribution >= 4 is 23.7 Å². The Balaban J connectivity index is 2.14. The molecule has 2 aromatic rings. The van der Waals surface area contributed by atoms with E-state index in [0.717, 1.165) is 22.3 Å². The Kier molecular flexibility index (Phi) is 5.21. The Bertz CT molecular complexity index is 700. The molecule has 1 N–H and O–H groups in total. The van der Waals surface area contributed by atoms with Gasteiger partial charge in [0.1, 0.15) is 0 Å². The molecule has 0 saturated heterocycles. The molecule has 0 aliphatic carbocycles. The van der Waals surface area contributed by atoms with Gasteiger partial charge in [0.25, 0.3) is 0 Å². The number of hydrogen-bond donors (Lipinski definition) is 1. The average molecular weight is 331 g/mol. The van der Waals surface area contributed by atoms with Gasteiger partial charge in [-0.2, -0.15) is 0 Å². The zero-order chi connectivity index (χ0) is 17.0. The molecule has 0 fully saturated rings. The number of aldehydes is 1. The van der Waals surface area contributed by atoms with Gasteiger partial charge in [0.05, 0.1) is 4.88 Å². The second-order valence-electron chi connectivity index (χ2n) is 6.38. The van der Waals surface area contributed by atoms with Crippen molar-refractivity contribution in [1.29, 1.82) is 0 Å². The van der Waals surface area contributed by atoms with Gasteiger partial charge in [-0.05, 0) is 50.5 Å². The molecule has 0 aliphatic heterocycles. The molecule has 1 heterocycles. The standard InChI is InChI=1S/C18H21NO3S/c1-18(2,3)19(17(21)22)10-9-13-5-4-6-14(11-13)16-8-7-15(12-20)23-16/h4-8,11-12H,9-10H2,1-3H3,(H,21,22). The van der Waals surface area contributed by atoms with E-state index in [-0.39, 0.29) is 0 Å². The predicted octanol–water partition coefficient (Wildman–Crippen LogP) is 4.55. The molecule has 1 aromatic carbocycles. The van der Waals surface area contributed by atoms with Crippen LogP contribution in [0.15, 0.2) is 36.4 Å². The normalized spacial score (nSPS) is 11.3. The van der Waals surface area contributed by atoms with Crippen molar-refractivity contribution < 1.29 is 14.7 Å². The molecule has 0 radical (unpaired) electrons.